The van der Waals surface area contributed by atoms with Gasteiger partial charge in [-0.15, -0.1) is 0 Å². The molecule has 0 amide bonds. The van der Waals surface area contributed by atoms with Crippen molar-refractivity contribution >= 4 is 5.82 Å². The van der Waals surface area contributed by atoms with Gasteiger partial charge in [0, 0.05) is 12.7 Å². The van der Waals surface area contributed by atoms with Crippen molar-refractivity contribution < 1.29 is 4.74 Å². The summed E-state index contributed by atoms with van der Waals surface area (Å²) < 4.78 is 5.44. The first-order valence-corrected chi connectivity index (χ1v) is 5.61. The molecule has 1 atom stereocenters. The second kappa shape index (κ2) is 4.62. The molecule has 1 aromatic heterocycles. The molecule has 2 rings (SSSR count). The molecule has 1 fully saturated rings. The highest BCUT2D eigenvalue weighted by Crippen LogP contribution is 2.21. The van der Waals surface area contributed by atoms with Crippen LogP contribution in [0.3, 0.4) is 0 Å². The zero-order chi connectivity index (χ0) is 10.7. The normalized spacial score (nSPS) is 21.7. The van der Waals surface area contributed by atoms with Gasteiger partial charge in [-0.2, -0.15) is 0 Å². The zero-order valence-corrected chi connectivity index (χ0v) is 9.44. The lowest BCUT2D eigenvalue weighted by atomic mass is 10.1. The number of nitrogens with zero attached hydrogens (tertiary/aromatic N) is 2. The van der Waals surface area contributed by atoms with E-state index in [-0.39, 0.29) is 0 Å². The molecule has 0 radical (unpaired) electrons. The SMILES string of the molecule is CCc1cccnc1N1CCOCC1C. The van der Waals surface area contributed by atoms with E-state index in [1.807, 2.05) is 12.3 Å². The molecule has 15 heavy (non-hydrogen) atoms. The van der Waals surface area contributed by atoms with Gasteiger partial charge in [0.25, 0.3) is 0 Å². The summed E-state index contributed by atoms with van der Waals surface area (Å²) in [5.41, 5.74) is 1.33. The van der Waals surface area contributed by atoms with Gasteiger partial charge in [-0.05, 0) is 25.0 Å². The first-order chi connectivity index (χ1) is 7.33. The van der Waals surface area contributed by atoms with Crippen LogP contribution in [0.25, 0.3) is 0 Å². The van der Waals surface area contributed by atoms with Gasteiger partial charge in [0.05, 0.1) is 19.3 Å². The van der Waals surface area contributed by atoms with E-state index in [0.717, 1.165) is 32.0 Å². The fourth-order valence-corrected chi connectivity index (χ4v) is 2.01. The molecule has 1 aromatic rings. The molecule has 3 heteroatoms. The molecule has 1 saturated heterocycles. The molecule has 1 unspecified atom stereocenters. The number of anilines is 1. The average molecular weight is 206 g/mol. The van der Waals surface area contributed by atoms with E-state index in [2.05, 4.69) is 29.8 Å². The second-order valence-corrected chi connectivity index (χ2v) is 3.96. The summed E-state index contributed by atoms with van der Waals surface area (Å²) in [6, 6.07) is 4.59. The van der Waals surface area contributed by atoms with Gasteiger partial charge >= 0.3 is 0 Å². The van der Waals surface area contributed by atoms with Crippen molar-refractivity contribution in [2.45, 2.75) is 26.3 Å². The van der Waals surface area contributed by atoms with Crippen LogP contribution in [0, 0.1) is 0 Å². The summed E-state index contributed by atoms with van der Waals surface area (Å²) in [5.74, 6) is 1.14. The Labute approximate surface area is 91.1 Å². The number of aryl methyl sites for hydroxylation is 1. The van der Waals surface area contributed by atoms with Gasteiger partial charge in [0.1, 0.15) is 5.82 Å². The quantitative estimate of drug-likeness (QED) is 0.738. The maximum atomic E-state index is 5.44. The highest BCUT2D eigenvalue weighted by atomic mass is 16.5. The van der Waals surface area contributed by atoms with Crippen molar-refractivity contribution in [1.29, 1.82) is 0 Å². The maximum Gasteiger partial charge on any atom is 0.132 e. The van der Waals surface area contributed by atoms with Crippen LogP contribution >= 0.6 is 0 Å². The predicted octanol–water partition coefficient (Wildman–Crippen LogP) is 1.87. The van der Waals surface area contributed by atoms with Crippen molar-refractivity contribution in [3.05, 3.63) is 23.9 Å². The van der Waals surface area contributed by atoms with Crippen LogP contribution in [0.2, 0.25) is 0 Å². The molecular formula is C12H18N2O. The van der Waals surface area contributed by atoms with E-state index < -0.39 is 0 Å². The van der Waals surface area contributed by atoms with Crippen LogP contribution in [0.1, 0.15) is 19.4 Å². The van der Waals surface area contributed by atoms with Crippen LogP contribution in [-0.4, -0.2) is 30.8 Å². The molecule has 82 valence electrons. The summed E-state index contributed by atoms with van der Waals surface area (Å²) in [6.07, 6.45) is 2.91. The lowest BCUT2D eigenvalue weighted by molar-refractivity contribution is 0.0984. The third kappa shape index (κ3) is 2.12. The first kappa shape index (κ1) is 10.4. The largest absolute Gasteiger partial charge is 0.377 e. The van der Waals surface area contributed by atoms with Crippen molar-refractivity contribution in [2.75, 3.05) is 24.7 Å². The lowest BCUT2D eigenvalue weighted by Gasteiger charge is -2.35. The molecule has 0 N–H and O–H groups in total. The maximum absolute atomic E-state index is 5.44. The van der Waals surface area contributed by atoms with Crippen LogP contribution in [-0.2, 0) is 11.2 Å². The van der Waals surface area contributed by atoms with E-state index >= 15 is 0 Å². The minimum Gasteiger partial charge on any atom is -0.377 e. The Balaban J connectivity index is 2.26. The summed E-state index contributed by atoms with van der Waals surface area (Å²) in [6.45, 7) is 6.92. The highest BCUT2D eigenvalue weighted by molar-refractivity contribution is 5.47. The second-order valence-electron chi connectivity index (χ2n) is 3.96. The van der Waals surface area contributed by atoms with Crippen molar-refractivity contribution in [3.63, 3.8) is 0 Å². The molecule has 0 bridgehead atoms. The number of rotatable bonds is 2. The van der Waals surface area contributed by atoms with E-state index in [9.17, 15) is 0 Å². The number of hydrogen-bond acceptors (Lipinski definition) is 3. The fraction of sp³-hybridized carbons (Fsp3) is 0.583. The molecule has 0 saturated carbocycles. The average Bonchev–Trinajstić information content (AvgIpc) is 2.30. The summed E-state index contributed by atoms with van der Waals surface area (Å²) in [5, 5.41) is 0. The Kier molecular flexibility index (Phi) is 3.21. The highest BCUT2D eigenvalue weighted by Gasteiger charge is 2.21. The summed E-state index contributed by atoms with van der Waals surface area (Å²) in [4.78, 5) is 6.84. The number of hydrogen-bond donors (Lipinski definition) is 0. The van der Waals surface area contributed by atoms with Gasteiger partial charge in [-0.3, -0.25) is 0 Å². The molecule has 0 aromatic carbocycles. The smallest absolute Gasteiger partial charge is 0.132 e. The van der Waals surface area contributed by atoms with E-state index in [1.54, 1.807) is 0 Å². The number of pyridine rings is 1. The third-order valence-corrected chi connectivity index (χ3v) is 2.89. The molecule has 1 aliphatic heterocycles. The Hall–Kier alpha value is -1.09. The fourth-order valence-electron chi connectivity index (χ4n) is 2.01. The predicted molar refractivity (Wildman–Crippen MR) is 61.2 cm³/mol. The Morgan fingerprint density at radius 2 is 2.47 bits per heavy atom. The molecule has 0 spiro atoms. The number of ether oxygens (including phenoxy) is 1. The minimum absolute atomic E-state index is 0.430. The molecule has 2 heterocycles. The Morgan fingerprint density at radius 3 is 3.20 bits per heavy atom. The van der Waals surface area contributed by atoms with Crippen molar-refractivity contribution in [1.82, 2.24) is 4.98 Å². The van der Waals surface area contributed by atoms with Crippen molar-refractivity contribution in [2.24, 2.45) is 0 Å². The zero-order valence-electron chi connectivity index (χ0n) is 9.44. The van der Waals surface area contributed by atoms with E-state index in [0.29, 0.717) is 6.04 Å². The molecular weight excluding hydrogens is 188 g/mol. The van der Waals surface area contributed by atoms with Crippen LogP contribution in [0.4, 0.5) is 5.82 Å². The van der Waals surface area contributed by atoms with Crippen LogP contribution < -0.4 is 4.90 Å². The standard InChI is InChI=1S/C12H18N2O/c1-3-11-5-4-6-13-12(11)14-7-8-15-9-10(14)2/h4-6,10H,3,7-9H2,1-2H3. The van der Waals surface area contributed by atoms with Crippen LogP contribution in [0.15, 0.2) is 18.3 Å². The topological polar surface area (TPSA) is 25.4 Å². The number of aromatic nitrogens is 1. The van der Waals surface area contributed by atoms with Gasteiger partial charge in [-0.1, -0.05) is 13.0 Å². The van der Waals surface area contributed by atoms with E-state index in [1.165, 1.54) is 5.56 Å². The van der Waals surface area contributed by atoms with Gasteiger partial charge < -0.3 is 9.64 Å². The molecule has 1 aliphatic rings. The monoisotopic (exact) mass is 206 g/mol. The minimum atomic E-state index is 0.430. The Bertz CT molecular complexity index is 327. The molecule has 3 nitrogen and oxygen atoms in total. The lowest BCUT2D eigenvalue weighted by Crippen LogP contribution is -2.44. The number of morpholine rings is 1. The molecule has 0 aliphatic carbocycles. The third-order valence-electron chi connectivity index (χ3n) is 2.89. The van der Waals surface area contributed by atoms with Crippen molar-refractivity contribution in [3.8, 4) is 0 Å². The van der Waals surface area contributed by atoms with Gasteiger partial charge in [-0.25, -0.2) is 4.98 Å². The summed E-state index contributed by atoms with van der Waals surface area (Å²) in [7, 11) is 0. The van der Waals surface area contributed by atoms with E-state index in [4.69, 9.17) is 4.74 Å². The summed E-state index contributed by atoms with van der Waals surface area (Å²) >= 11 is 0. The Morgan fingerprint density at radius 1 is 1.60 bits per heavy atom. The van der Waals surface area contributed by atoms with Crippen LogP contribution in [0.5, 0.6) is 0 Å². The first-order valence-electron chi connectivity index (χ1n) is 5.61. The van der Waals surface area contributed by atoms with Gasteiger partial charge in [0.2, 0.25) is 0 Å². The van der Waals surface area contributed by atoms with Gasteiger partial charge in [0.15, 0.2) is 0 Å².